The standard InChI is InChI=1S/C19H30N6OS/c1-3-23(4-2)11-8-10-20-17(26)16-9-7-14-25(15-16)19-22-21-18(27-19)24-12-5-6-13-24/h5-6,12-13,16H,3-4,7-11,14-15H2,1-2H3,(H,20,26). The molecule has 1 atom stereocenters. The number of amides is 1. The Morgan fingerprint density at radius 2 is 2.00 bits per heavy atom. The fourth-order valence-electron chi connectivity index (χ4n) is 3.47. The van der Waals surface area contributed by atoms with E-state index in [1.54, 1.807) is 11.3 Å². The molecule has 1 amide bonds. The van der Waals surface area contributed by atoms with Gasteiger partial charge < -0.3 is 15.1 Å². The minimum Gasteiger partial charge on any atom is -0.356 e. The van der Waals surface area contributed by atoms with Gasteiger partial charge in [-0.15, -0.1) is 10.2 Å². The Kier molecular flexibility index (Phi) is 7.23. The number of anilines is 1. The minimum atomic E-state index is 0.0335. The fourth-order valence-corrected chi connectivity index (χ4v) is 4.31. The van der Waals surface area contributed by atoms with E-state index in [2.05, 4.69) is 39.2 Å². The van der Waals surface area contributed by atoms with Crippen LogP contribution in [0.3, 0.4) is 0 Å². The quantitative estimate of drug-likeness (QED) is 0.666. The van der Waals surface area contributed by atoms with Crippen molar-refractivity contribution in [1.29, 1.82) is 0 Å². The van der Waals surface area contributed by atoms with Crippen molar-refractivity contribution >= 4 is 22.4 Å². The van der Waals surface area contributed by atoms with Crippen LogP contribution in [0, 0.1) is 5.92 Å². The minimum absolute atomic E-state index is 0.0335. The van der Waals surface area contributed by atoms with Crippen molar-refractivity contribution in [1.82, 2.24) is 25.0 Å². The first kappa shape index (κ1) is 19.8. The van der Waals surface area contributed by atoms with Gasteiger partial charge in [-0.3, -0.25) is 9.36 Å². The van der Waals surface area contributed by atoms with Gasteiger partial charge in [-0.1, -0.05) is 25.2 Å². The number of aromatic nitrogens is 3. The number of piperidine rings is 1. The number of carbonyl (C=O) groups excluding carboxylic acids is 1. The second-order valence-electron chi connectivity index (χ2n) is 6.91. The van der Waals surface area contributed by atoms with Crippen LogP contribution < -0.4 is 10.2 Å². The molecule has 7 nitrogen and oxygen atoms in total. The summed E-state index contributed by atoms with van der Waals surface area (Å²) >= 11 is 1.57. The van der Waals surface area contributed by atoms with Crippen LogP contribution in [-0.2, 0) is 4.79 Å². The second-order valence-corrected chi connectivity index (χ2v) is 7.85. The van der Waals surface area contributed by atoms with E-state index >= 15 is 0 Å². The van der Waals surface area contributed by atoms with Gasteiger partial charge in [0.25, 0.3) is 0 Å². The van der Waals surface area contributed by atoms with E-state index in [1.165, 1.54) is 0 Å². The van der Waals surface area contributed by atoms with Crippen LogP contribution >= 0.6 is 11.3 Å². The van der Waals surface area contributed by atoms with Crippen molar-refractivity contribution in [3.05, 3.63) is 24.5 Å². The van der Waals surface area contributed by atoms with E-state index < -0.39 is 0 Å². The highest BCUT2D eigenvalue weighted by atomic mass is 32.1. The van der Waals surface area contributed by atoms with Gasteiger partial charge in [-0.05, 0) is 51.0 Å². The zero-order chi connectivity index (χ0) is 19.1. The van der Waals surface area contributed by atoms with Crippen LogP contribution in [0.15, 0.2) is 24.5 Å². The summed E-state index contributed by atoms with van der Waals surface area (Å²) in [7, 11) is 0. The van der Waals surface area contributed by atoms with Crippen molar-refractivity contribution in [2.24, 2.45) is 5.92 Å². The number of carbonyl (C=O) groups is 1. The summed E-state index contributed by atoms with van der Waals surface area (Å²) in [6.07, 6.45) is 6.89. The number of hydrogen-bond acceptors (Lipinski definition) is 6. The topological polar surface area (TPSA) is 66.3 Å². The molecule has 0 bridgehead atoms. The predicted molar refractivity (Wildman–Crippen MR) is 110 cm³/mol. The SMILES string of the molecule is CCN(CC)CCCNC(=O)C1CCCN(c2nnc(-n3cccc3)s2)C1. The predicted octanol–water partition coefficient (Wildman–Crippen LogP) is 2.39. The Morgan fingerprint density at radius 1 is 1.26 bits per heavy atom. The molecule has 1 N–H and O–H groups in total. The summed E-state index contributed by atoms with van der Waals surface area (Å²) in [5.41, 5.74) is 0. The van der Waals surface area contributed by atoms with E-state index in [4.69, 9.17) is 0 Å². The van der Waals surface area contributed by atoms with Crippen molar-refractivity contribution < 1.29 is 4.79 Å². The number of nitrogens with zero attached hydrogens (tertiary/aromatic N) is 5. The average Bonchev–Trinajstić information content (AvgIpc) is 3.39. The van der Waals surface area contributed by atoms with Crippen molar-refractivity contribution in [2.75, 3.05) is 44.2 Å². The normalized spacial score (nSPS) is 17.4. The lowest BCUT2D eigenvalue weighted by atomic mass is 9.97. The molecule has 0 radical (unpaired) electrons. The van der Waals surface area contributed by atoms with Crippen molar-refractivity contribution in [3.63, 3.8) is 0 Å². The van der Waals surface area contributed by atoms with E-state index in [9.17, 15) is 4.79 Å². The van der Waals surface area contributed by atoms with E-state index in [-0.39, 0.29) is 11.8 Å². The summed E-state index contributed by atoms with van der Waals surface area (Å²) in [5, 5.41) is 13.5. The highest BCUT2D eigenvalue weighted by molar-refractivity contribution is 7.17. The Bertz CT molecular complexity index is 697. The average molecular weight is 391 g/mol. The van der Waals surface area contributed by atoms with Gasteiger partial charge in [-0.25, -0.2) is 0 Å². The molecule has 1 aliphatic heterocycles. The Balaban J connectivity index is 1.48. The van der Waals surface area contributed by atoms with Gasteiger partial charge in [0.2, 0.25) is 16.2 Å². The Hall–Kier alpha value is -1.93. The molecule has 0 aliphatic carbocycles. The van der Waals surface area contributed by atoms with Gasteiger partial charge in [0.05, 0.1) is 5.92 Å². The van der Waals surface area contributed by atoms with Gasteiger partial charge in [0, 0.05) is 32.0 Å². The molecule has 0 saturated carbocycles. The molecule has 2 aromatic rings. The maximum Gasteiger partial charge on any atom is 0.224 e. The van der Waals surface area contributed by atoms with E-state index in [0.29, 0.717) is 0 Å². The lowest BCUT2D eigenvalue weighted by Crippen LogP contribution is -2.43. The largest absolute Gasteiger partial charge is 0.356 e. The highest BCUT2D eigenvalue weighted by Gasteiger charge is 2.27. The number of rotatable bonds is 9. The van der Waals surface area contributed by atoms with E-state index in [0.717, 1.165) is 68.8 Å². The van der Waals surface area contributed by atoms with Gasteiger partial charge in [0.1, 0.15) is 0 Å². The smallest absolute Gasteiger partial charge is 0.224 e. The molecular weight excluding hydrogens is 360 g/mol. The molecule has 148 valence electrons. The van der Waals surface area contributed by atoms with Crippen LogP contribution in [0.4, 0.5) is 5.13 Å². The lowest BCUT2D eigenvalue weighted by Gasteiger charge is -2.31. The van der Waals surface area contributed by atoms with Gasteiger partial charge in [0.15, 0.2) is 0 Å². The molecule has 0 spiro atoms. The van der Waals surface area contributed by atoms with Crippen LogP contribution in [0.25, 0.3) is 5.13 Å². The fraction of sp³-hybridized carbons (Fsp3) is 0.632. The van der Waals surface area contributed by atoms with Gasteiger partial charge >= 0.3 is 0 Å². The number of nitrogens with one attached hydrogen (secondary N) is 1. The molecule has 1 aliphatic rings. The summed E-state index contributed by atoms with van der Waals surface area (Å²) in [6.45, 7) is 9.93. The summed E-state index contributed by atoms with van der Waals surface area (Å²) in [6, 6.07) is 3.95. The molecule has 3 rings (SSSR count). The molecule has 3 heterocycles. The Morgan fingerprint density at radius 3 is 2.74 bits per heavy atom. The first-order chi connectivity index (χ1) is 13.2. The monoisotopic (exact) mass is 390 g/mol. The molecular formula is C19H30N6OS. The summed E-state index contributed by atoms with van der Waals surface area (Å²) < 4.78 is 1.96. The van der Waals surface area contributed by atoms with Crippen molar-refractivity contribution in [2.45, 2.75) is 33.1 Å². The van der Waals surface area contributed by atoms with Crippen LogP contribution in [0.5, 0.6) is 0 Å². The molecule has 0 aromatic carbocycles. The molecule has 1 saturated heterocycles. The zero-order valence-corrected chi connectivity index (χ0v) is 17.1. The maximum atomic E-state index is 12.6. The number of hydrogen-bond donors (Lipinski definition) is 1. The van der Waals surface area contributed by atoms with Crippen molar-refractivity contribution in [3.8, 4) is 5.13 Å². The lowest BCUT2D eigenvalue weighted by molar-refractivity contribution is -0.125. The van der Waals surface area contributed by atoms with Crippen LogP contribution in [0.2, 0.25) is 0 Å². The Labute approximate surface area is 165 Å². The molecule has 1 fully saturated rings. The third-order valence-electron chi connectivity index (χ3n) is 5.14. The molecule has 2 aromatic heterocycles. The van der Waals surface area contributed by atoms with Crippen LogP contribution in [-0.4, -0.2) is 64.8 Å². The summed E-state index contributed by atoms with van der Waals surface area (Å²) in [5.74, 6) is 0.209. The van der Waals surface area contributed by atoms with E-state index in [1.807, 2.05) is 29.1 Å². The third kappa shape index (κ3) is 5.29. The molecule has 8 heteroatoms. The second kappa shape index (κ2) is 9.85. The van der Waals surface area contributed by atoms with Crippen LogP contribution in [0.1, 0.15) is 33.1 Å². The first-order valence-electron chi connectivity index (χ1n) is 9.93. The first-order valence-corrected chi connectivity index (χ1v) is 10.7. The summed E-state index contributed by atoms with van der Waals surface area (Å²) in [4.78, 5) is 17.1. The molecule has 1 unspecified atom stereocenters. The molecule has 27 heavy (non-hydrogen) atoms. The highest BCUT2D eigenvalue weighted by Crippen LogP contribution is 2.27. The third-order valence-corrected chi connectivity index (χ3v) is 6.13. The maximum absolute atomic E-state index is 12.6. The van der Waals surface area contributed by atoms with Gasteiger partial charge in [-0.2, -0.15) is 0 Å². The zero-order valence-electron chi connectivity index (χ0n) is 16.3.